The number of thiazole rings is 1. The number of nitrogens with zero attached hydrogens (tertiary/aromatic N) is 1. The number of hydrogen-bond donors (Lipinski definition) is 2. The number of aryl methyl sites for hydroxylation is 1. The third kappa shape index (κ3) is 4.72. The first-order chi connectivity index (χ1) is 13.9. The molecule has 0 radical (unpaired) electrons. The summed E-state index contributed by atoms with van der Waals surface area (Å²) in [7, 11) is 3.15. The van der Waals surface area contributed by atoms with Gasteiger partial charge in [0, 0.05) is 11.3 Å². The van der Waals surface area contributed by atoms with Crippen LogP contribution in [0.25, 0.3) is 10.6 Å². The number of primary amides is 1. The van der Waals surface area contributed by atoms with Gasteiger partial charge in [0.1, 0.15) is 9.88 Å². The van der Waals surface area contributed by atoms with Crippen molar-refractivity contribution in [2.45, 2.75) is 13.3 Å². The Morgan fingerprint density at radius 2 is 1.76 bits per heavy atom. The second kappa shape index (κ2) is 8.74. The van der Waals surface area contributed by atoms with Crippen molar-refractivity contribution in [1.82, 2.24) is 4.98 Å². The number of carbonyl (C=O) groups excluding carboxylic acids is 2. The summed E-state index contributed by atoms with van der Waals surface area (Å²) in [4.78, 5) is 28.7. The number of rotatable bonds is 7. The average Bonchev–Trinajstić information content (AvgIpc) is 3.10. The Hall–Kier alpha value is -3.39. The number of carbonyl (C=O) groups is 2. The molecule has 2 aromatic carbocycles. The number of ether oxygens (including phenoxy) is 2. The fraction of sp³-hybridized carbons (Fsp3) is 0.190. The largest absolute Gasteiger partial charge is 0.493 e. The summed E-state index contributed by atoms with van der Waals surface area (Å²) < 4.78 is 10.6. The lowest BCUT2D eigenvalue weighted by atomic mass is 10.1. The van der Waals surface area contributed by atoms with Crippen molar-refractivity contribution in [2.24, 2.45) is 5.73 Å². The van der Waals surface area contributed by atoms with Gasteiger partial charge in [-0.3, -0.25) is 9.59 Å². The van der Waals surface area contributed by atoms with Gasteiger partial charge in [0.05, 0.1) is 26.3 Å². The van der Waals surface area contributed by atoms with E-state index in [1.165, 1.54) is 11.3 Å². The van der Waals surface area contributed by atoms with Crippen LogP contribution < -0.4 is 20.5 Å². The molecular formula is C21H21N3O4S. The van der Waals surface area contributed by atoms with E-state index >= 15 is 0 Å². The first kappa shape index (κ1) is 20.3. The maximum absolute atomic E-state index is 12.7. The molecule has 7 nitrogen and oxygen atoms in total. The highest BCUT2D eigenvalue weighted by Gasteiger charge is 2.17. The quantitative estimate of drug-likeness (QED) is 0.620. The zero-order valence-electron chi connectivity index (χ0n) is 16.3. The second-order valence-corrected chi connectivity index (χ2v) is 7.30. The molecule has 0 spiro atoms. The number of aromatic nitrogens is 1. The second-order valence-electron chi connectivity index (χ2n) is 6.30. The van der Waals surface area contributed by atoms with E-state index in [1.807, 2.05) is 12.1 Å². The Labute approximate surface area is 172 Å². The van der Waals surface area contributed by atoms with Crippen LogP contribution in [0.3, 0.4) is 0 Å². The number of benzene rings is 2. The van der Waals surface area contributed by atoms with Gasteiger partial charge in [-0.2, -0.15) is 0 Å². The highest BCUT2D eigenvalue weighted by molar-refractivity contribution is 7.17. The van der Waals surface area contributed by atoms with Crippen molar-refractivity contribution >= 4 is 28.8 Å². The van der Waals surface area contributed by atoms with Gasteiger partial charge in [-0.1, -0.05) is 12.1 Å². The molecule has 3 rings (SSSR count). The Morgan fingerprint density at radius 3 is 2.38 bits per heavy atom. The Bertz CT molecular complexity index is 1040. The fourth-order valence-corrected chi connectivity index (χ4v) is 3.75. The predicted octanol–water partition coefficient (Wildman–Crippen LogP) is 3.42. The normalized spacial score (nSPS) is 10.4. The molecule has 0 fully saturated rings. The molecule has 3 aromatic rings. The number of amides is 2. The summed E-state index contributed by atoms with van der Waals surface area (Å²) in [5.74, 6) is 0.585. The van der Waals surface area contributed by atoms with Crippen LogP contribution in [0.5, 0.6) is 11.5 Å². The molecule has 29 heavy (non-hydrogen) atoms. The van der Waals surface area contributed by atoms with E-state index in [-0.39, 0.29) is 12.3 Å². The van der Waals surface area contributed by atoms with Gasteiger partial charge in [0.2, 0.25) is 5.91 Å². The van der Waals surface area contributed by atoms with Crippen molar-refractivity contribution in [3.05, 3.63) is 58.6 Å². The Balaban J connectivity index is 1.79. The molecule has 0 atom stereocenters. The van der Waals surface area contributed by atoms with Crippen LogP contribution in [0.4, 0.5) is 5.69 Å². The van der Waals surface area contributed by atoms with Crippen molar-refractivity contribution in [1.29, 1.82) is 0 Å². The standard InChI is InChI=1S/C21H21N3O4S/c1-12-19(20(26)24-15-7-4-13(5-8-15)10-18(22)25)29-21(23-12)14-6-9-16(27-2)17(11-14)28-3/h4-9,11H,10H2,1-3H3,(H2,22,25)(H,24,26). The van der Waals surface area contributed by atoms with E-state index in [2.05, 4.69) is 10.3 Å². The minimum Gasteiger partial charge on any atom is -0.493 e. The van der Waals surface area contributed by atoms with Gasteiger partial charge < -0.3 is 20.5 Å². The van der Waals surface area contributed by atoms with Crippen molar-refractivity contribution in [2.75, 3.05) is 19.5 Å². The van der Waals surface area contributed by atoms with Crippen LogP contribution >= 0.6 is 11.3 Å². The minimum absolute atomic E-state index is 0.164. The molecular weight excluding hydrogens is 390 g/mol. The van der Waals surface area contributed by atoms with Gasteiger partial charge in [-0.15, -0.1) is 11.3 Å². The highest BCUT2D eigenvalue weighted by Crippen LogP contribution is 2.35. The van der Waals surface area contributed by atoms with Crippen LogP contribution in [0.15, 0.2) is 42.5 Å². The van der Waals surface area contributed by atoms with Crippen LogP contribution in [0, 0.1) is 6.92 Å². The predicted molar refractivity (Wildman–Crippen MR) is 113 cm³/mol. The van der Waals surface area contributed by atoms with Crippen LogP contribution in [0.2, 0.25) is 0 Å². The highest BCUT2D eigenvalue weighted by atomic mass is 32.1. The molecule has 1 heterocycles. The number of anilines is 1. The summed E-state index contributed by atoms with van der Waals surface area (Å²) in [6.45, 7) is 1.80. The number of nitrogens with one attached hydrogen (secondary N) is 1. The molecule has 8 heteroatoms. The summed E-state index contributed by atoms with van der Waals surface area (Å²) in [5, 5.41) is 3.57. The number of methoxy groups -OCH3 is 2. The van der Waals surface area contributed by atoms with Crippen molar-refractivity contribution in [3.8, 4) is 22.1 Å². The number of nitrogens with two attached hydrogens (primary N) is 1. The van der Waals surface area contributed by atoms with Gasteiger partial charge in [0.15, 0.2) is 11.5 Å². The molecule has 0 bridgehead atoms. The molecule has 0 aliphatic heterocycles. The van der Waals surface area contributed by atoms with Crippen LogP contribution in [-0.4, -0.2) is 31.0 Å². The molecule has 1 aromatic heterocycles. The average molecular weight is 411 g/mol. The molecule has 0 saturated carbocycles. The van der Waals surface area contributed by atoms with Crippen molar-refractivity contribution in [3.63, 3.8) is 0 Å². The van der Waals surface area contributed by atoms with E-state index in [4.69, 9.17) is 15.2 Å². The zero-order chi connectivity index (χ0) is 21.0. The smallest absolute Gasteiger partial charge is 0.267 e. The number of hydrogen-bond acceptors (Lipinski definition) is 6. The van der Waals surface area contributed by atoms with Crippen LogP contribution in [-0.2, 0) is 11.2 Å². The molecule has 0 aliphatic rings. The lowest BCUT2D eigenvalue weighted by molar-refractivity contribution is -0.117. The van der Waals surface area contributed by atoms with Crippen LogP contribution in [0.1, 0.15) is 20.9 Å². The summed E-state index contributed by atoms with van der Waals surface area (Å²) in [6, 6.07) is 12.5. The van der Waals surface area contributed by atoms with Gasteiger partial charge in [0.25, 0.3) is 5.91 Å². The molecule has 0 saturated heterocycles. The molecule has 0 unspecified atom stereocenters. The maximum atomic E-state index is 12.7. The topological polar surface area (TPSA) is 104 Å². The summed E-state index contributed by atoms with van der Waals surface area (Å²) in [6.07, 6.45) is 0.164. The molecule has 3 N–H and O–H groups in total. The minimum atomic E-state index is -0.398. The van der Waals surface area contributed by atoms with Gasteiger partial charge >= 0.3 is 0 Å². The van der Waals surface area contributed by atoms with E-state index in [9.17, 15) is 9.59 Å². The molecule has 150 valence electrons. The first-order valence-corrected chi connectivity index (χ1v) is 9.61. The summed E-state index contributed by atoms with van der Waals surface area (Å²) in [5.41, 5.74) is 8.09. The van der Waals surface area contributed by atoms with Gasteiger partial charge in [-0.05, 0) is 42.8 Å². The monoisotopic (exact) mass is 411 g/mol. The van der Waals surface area contributed by atoms with Gasteiger partial charge in [-0.25, -0.2) is 4.98 Å². The Kier molecular flexibility index (Phi) is 6.13. The van der Waals surface area contributed by atoms with E-state index in [1.54, 1.807) is 51.5 Å². The lowest BCUT2D eigenvalue weighted by Gasteiger charge is -2.08. The molecule has 2 amide bonds. The third-order valence-electron chi connectivity index (χ3n) is 4.22. The van der Waals surface area contributed by atoms with E-state index < -0.39 is 5.91 Å². The lowest BCUT2D eigenvalue weighted by Crippen LogP contribution is -2.14. The van der Waals surface area contributed by atoms with E-state index in [0.717, 1.165) is 11.1 Å². The third-order valence-corrected chi connectivity index (χ3v) is 5.43. The van der Waals surface area contributed by atoms with E-state index in [0.29, 0.717) is 32.8 Å². The maximum Gasteiger partial charge on any atom is 0.267 e. The van der Waals surface area contributed by atoms with Crippen molar-refractivity contribution < 1.29 is 19.1 Å². The Morgan fingerprint density at radius 1 is 1.07 bits per heavy atom. The molecule has 0 aliphatic carbocycles. The first-order valence-electron chi connectivity index (χ1n) is 8.79. The fourth-order valence-electron chi connectivity index (χ4n) is 2.79. The summed E-state index contributed by atoms with van der Waals surface area (Å²) >= 11 is 1.30. The SMILES string of the molecule is COc1ccc(-c2nc(C)c(C(=O)Nc3ccc(CC(N)=O)cc3)s2)cc1OC. The zero-order valence-corrected chi connectivity index (χ0v) is 17.1.